The van der Waals surface area contributed by atoms with Gasteiger partial charge in [0.1, 0.15) is 5.82 Å². The zero-order valence-corrected chi connectivity index (χ0v) is 16.6. The minimum Gasteiger partial charge on any atom is -0.264 e. The number of hydrogen-bond donors (Lipinski definition) is 0. The average molecular weight is 379 g/mol. The fourth-order valence-electron chi connectivity index (χ4n) is 3.30. The van der Waals surface area contributed by atoms with Crippen molar-refractivity contribution in [3.63, 3.8) is 0 Å². The summed E-state index contributed by atoms with van der Waals surface area (Å²) < 4.78 is 29.6. The maximum absolute atomic E-state index is 12.5. The van der Waals surface area contributed by atoms with Crippen molar-refractivity contribution in [1.82, 2.24) is 28.4 Å². The van der Waals surface area contributed by atoms with E-state index in [-0.39, 0.29) is 5.92 Å². The monoisotopic (exact) mass is 378 g/mol. The van der Waals surface area contributed by atoms with Gasteiger partial charge in [0.2, 0.25) is 0 Å². The van der Waals surface area contributed by atoms with Crippen LogP contribution in [0.15, 0.2) is 18.3 Å². The Morgan fingerprint density at radius 3 is 2.77 bits per heavy atom. The van der Waals surface area contributed by atoms with Crippen LogP contribution < -0.4 is 0 Å². The van der Waals surface area contributed by atoms with Gasteiger partial charge in [-0.25, -0.2) is 9.97 Å². The van der Waals surface area contributed by atoms with Gasteiger partial charge in [-0.3, -0.25) is 4.68 Å². The molecule has 0 bridgehead atoms. The van der Waals surface area contributed by atoms with Crippen LogP contribution in [-0.4, -0.2) is 64.0 Å². The molecular formula is C17H26N6O2S. The molecule has 0 amide bonds. The first-order chi connectivity index (χ1) is 12.3. The Labute approximate surface area is 155 Å². The van der Waals surface area contributed by atoms with Crippen LogP contribution in [-0.2, 0) is 16.8 Å². The number of hydrogen-bond acceptors (Lipinski definition) is 5. The number of piperidine rings is 1. The number of aromatic nitrogens is 4. The van der Waals surface area contributed by atoms with E-state index < -0.39 is 10.2 Å². The third-order valence-corrected chi connectivity index (χ3v) is 6.59. The van der Waals surface area contributed by atoms with Crippen LogP contribution in [0.3, 0.4) is 0 Å². The number of nitrogens with zero attached hydrogens (tertiary/aromatic N) is 6. The Bertz CT molecular complexity index is 877. The second kappa shape index (κ2) is 7.42. The van der Waals surface area contributed by atoms with E-state index in [0.717, 1.165) is 36.5 Å². The van der Waals surface area contributed by atoms with Gasteiger partial charge in [-0.1, -0.05) is 0 Å². The van der Waals surface area contributed by atoms with E-state index in [1.165, 1.54) is 8.61 Å². The molecule has 0 radical (unpaired) electrons. The first-order valence-electron chi connectivity index (χ1n) is 8.88. The molecule has 0 aliphatic carbocycles. The van der Waals surface area contributed by atoms with Crippen molar-refractivity contribution in [3.05, 3.63) is 29.8 Å². The van der Waals surface area contributed by atoms with E-state index in [1.807, 2.05) is 30.7 Å². The highest BCUT2D eigenvalue weighted by Crippen LogP contribution is 2.28. The lowest BCUT2D eigenvalue weighted by molar-refractivity contribution is 0.293. The molecule has 8 nitrogen and oxygen atoms in total. The van der Waals surface area contributed by atoms with Crippen LogP contribution in [0.25, 0.3) is 11.4 Å². The summed E-state index contributed by atoms with van der Waals surface area (Å²) in [5, 5.41) is 4.31. The molecule has 9 heteroatoms. The van der Waals surface area contributed by atoms with Gasteiger partial charge in [0.15, 0.2) is 0 Å². The van der Waals surface area contributed by atoms with Gasteiger partial charge < -0.3 is 0 Å². The van der Waals surface area contributed by atoms with Crippen molar-refractivity contribution in [3.8, 4) is 11.4 Å². The van der Waals surface area contributed by atoms with E-state index in [0.29, 0.717) is 18.9 Å². The SMILES string of the molecule is CCn1nccc1-c1cc(C)nc(C2CCCN(S(=O)(=O)N(C)C)C2)n1. The zero-order chi connectivity index (χ0) is 18.9. The average Bonchev–Trinajstić information content (AvgIpc) is 3.10. The van der Waals surface area contributed by atoms with Crippen LogP contribution in [0.5, 0.6) is 0 Å². The maximum Gasteiger partial charge on any atom is 0.281 e. The minimum absolute atomic E-state index is 0.00452. The second-order valence-corrected chi connectivity index (χ2v) is 8.91. The van der Waals surface area contributed by atoms with Crippen molar-refractivity contribution in [2.75, 3.05) is 27.2 Å². The minimum atomic E-state index is -3.42. The summed E-state index contributed by atoms with van der Waals surface area (Å²) in [5.74, 6) is 0.706. The van der Waals surface area contributed by atoms with Gasteiger partial charge in [0, 0.05) is 51.5 Å². The van der Waals surface area contributed by atoms with Crippen molar-refractivity contribution >= 4 is 10.2 Å². The Hall–Kier alpha value is -1.84. The van der Waals surface area contributed by atoms with Gasteiger partial charge in [0.05, 0.1) is 11.4 Å². The zero-order valence-electron chi connectivity index (χ0n) is 15.8. The molecule has 1 atom stereocenters. The molecule has 0 aromatic carbocycles. The summed E-state index contributed by atoms with van der Waals surface area (Å²) in [6, 6.07) is 3.89. The number of aryl methyl sites for hydroxylation is 2. The highest BCUT2D eigenvalue weighted by atomic mass is 32.2. The van der Waals surface area contributed by atoms with Crippen molar-refractivity contribution < 1.29 is 8.42 Å². The molecule has 142 valence electrons. The standard InChI is InChI=1S/C17H26N6O2S/c1-5-23-16(8-9-18-23)15-11-13(2)19-17(20-15)14-7-6-10-22(12-14)26(24,25)21(3)4/h8-9,11,14H,5-7,10,12H2,1-4H3. The highest BCUT2D eigenvalue weighted by molar-refractivity contribution is 7.86. The molecule has 1 fully saturated rings. The molecule has 2 aromatic rings. The molecule has 1 aliphatic heterocycles. The summed E-state index contributed by atoms with van der Waals surface area (Å²) >= 11 is 0. The van der Waals surface area contributed by atoms with Crippen molar-refractivity contribution in [2.24, 2.45) is 0 Å². The first-order valence-corrected chi connectivity index (χ1v) is 10.3. The molecule has 1 aliphatic rings. The molecule has 2 aromatic heterocycles. The van der Waals surface area contributed by atoms with Gasteiger partial charge in [-0.05, 0) is 38.8 Å². The van der Waals surface area contributed by atoms with Crippen molar-refractivity contribution in [1.29, 1.82) is 0 Å². The molecule has 0 N–H and O–H groups in total. The molecular weight excluding hydrogens is 352 g/mol. The topological polar surface area (TPSA) is 84.2 Å². The lowest BCUT2D eigenvalue weighted by Gasteiger charge is -2.32. The highest BCUT2D eigenvalue weighted by Gasteiger charge is 2.32. The predicted molar refractivity (Wildman–Crippen MR) is 99.8 cm³/mol. The van der Waals surface area contributed by atoms with Gasteiger partial charge >= 0.3 is 0 Å². The first kappa shape index (κ1) is 18.9. The molecule has 1 saturated heterocycles. The molecule has 0 spiro atoms. The molecule has 1 unspecified atom stereocenters. The second-order valence-electron chi connectivity index (χ2n) is 6.77. The van der Waals surface area contributed by atoms with E-state index >= 15 is 0 Å². The third kappa shape index (κ3) is 3.65. The Kier molecular flexibility index (Phi) is 5.40. The van der Waals surface area contributed by atoms with Gasteiger partial charge in [-0.2, -0.15) is 22.1 Å². The third-order valence-electron chi connectivity index (χ3n) is 4.69. The lowest BCUT2D eigenvalue weighted by atomic mass is 9.98. The fourth-order valence-corrected chi connectivity index (χ4v) is 4.49. The summed E-state index contributed by atoms with van der Waals surface area (Å²) in [6.07, 6.45) is 3.45. The summed E-state index contributed by atoms with van der Waals surface area (Å²) in [7, 11) is -0.295. The molecule has 26 heavy (non-hydrogen) atoms. The molecule has 0 saturated carbocycles. The maximum atomic E-state index is 12.5. The van der Waals surface area contributed by atoms with Crippen LogP contribution >= 0.6 is 0 Å². The van der Waals surface area contributed by atoms with Gasteiger partial charge in [-0.15, -0.1) is 0 Å². The Morgan fingerprint density at radius 1 is 1.31 bits per heavy atom. The lowest BCUT2D eigenvalue weighted by Crippen LogP contribution is -2.45. The predicted octanol–water partition coefficient (Wildman–Crippen LogP) is 1.65. The van der Waals surface area contributed by atoms with Crippen LogP contribution in [0, 0.1) is 6.92 Å². The fraction of sp³-hybridized carbons (Fsp3) is 0.588. The smallest absolute Gasteiger partial charge is 0.264 e. The molecule has 3 rings (SSSR count). The Balaban J connectivity index is 1.92. The summed E-state index contributed by atoms with van der Waals surface area (Å²) in [5.41, 5.74) is 2.66. The van der Waals surface area contributed by atoms with Crippen LogP contribution in [0.4, 0.5) is 0 Å². The van der Waals surface area contributed by atoms with Crippen LogP contribution in [0.1, 0.15) is 37.2 Å². The normalized spacial score (nSPS) is 19.2. The number of rotatable bonds is 5. The quantitative estimate of drug-likeness (QED) is 0.790. The van der Waals surface area contributed by atoms with Crippen molar-refractivity contribution in [2.45, 2.75) is 39.2 Å². The largest absolute Gasteiger partial charge is 0.281 e. The van der Waals surface area contributed by atoms with E-state index in [1.54, 1.807) is 20.3 Å². The van der Waals surface area contributed by atoms with E-state index in [9.17, 15) is 8.42 Å². The van der Waals surface area contributed by atoms with E-state index in [4.69, 9.17) is 4.98 Å². The summed E-state index contributed by atoms with van der Waals surface area (Å²) in [6.45, 7) is 5.70. The van der Waals surface area contributed by atoms with Crippen LogP contribution in [0.2, 0.25) is 0 Å². The van der Waals surface area contributed by atoms with Gasteiger partial charge in [0.25, 0.3) is 10.2 Å². The van der Waals surface area contributed by atoms with E-state index in [2.05, 4.69) is 10.1 Å². The Morgan fingerprint density at radius 2 is 2.08 bits per heavy atom. The summed E-state index contributed by atoms with van der Waals surface area (Å²) in [4.78, 5) is 9.37. The molecule has 3 heterocycles.